The van der Waals surface area contributed by atoms with Crippen LogP contribution < -0.4 is 5.32 Å². The molecule has 0 aliphatic heterocycles. The van der Waals surface area contributed by atoms with E-state index in [2.05, 4.69) is 5.32 Å². The molecule has 140 valence electrons. The van der Waals surface area contributed by atoms with Gasteiger partial charge in [0.25, 0.3) is 0 Å². The first-order valence-electron chi connectivity index (χ1n) is 8.88. The van der Waals surface area contributed by atoms with Gasteiger partial charge in [0.2, 0.25) is 7.37 Å². The summed E-state index contributed by atoms with van der Waals surface area (Å²) in [5.74, 6) is 0.278. The van der Waals surface area contributed by atoms with E-state index in [0.29, 0.717) is 0 Å². The maximum absolute atomic E-state index is 12.3. The van der Waals surface area contributed by atoms with Crippen LogP contribution >= 0.6 is 7.37 Å². The average Bonchev–Trinajstić information content (AvgIpc) is 2.59. The largest absolute Gasteiger partial charge is 0.445 e. The second-order valence-corrected chi connectivity index (χ2v) is 9.23. The molecule has 0 spiro atoms. The van der Waals surface area contributed by atoms with Crippen molar-refractivity contribution < 1.29 is 24.1 Å². The minimum atomic E-state index is -3.38. The Morgan fingerprint density at radius 1 is 1.24 bits per heavy atom. The van der Waals surface area contributed by atoms with E-state index in [1.807, 2.05) is 30.3 Å². The number of ether oxygens (including phenoxy) is 1. The molecule has 1 aliphatic carbocycles. The van der Waals surface area contributed by atoms with E-state index in [4.69, 9.17) is 4.74 Å². The van der Waals surface area contributed by atoms with Gasteiger partial charge in [0.05, 0.1) is 12.3 Å². The number of nitrogens with one attached hydrogen (secondary N) is 1. The number of alkyl carbamates (subject to hydrolysis) is 1. The second-order valence-electron chi connectivity index (χ2n) is 6.81. The lowest BCUT2D eigenvalue weighted by atomic mass is 9.91. The average molecular weight is 369 g/mol. The highest BCUT2D eigenvalue weighted by molar-refractivity contribution is 7.58. The Morgan fingerprint density at radius 3 is 2.60 bits per heavy atom. The third-order valence-corrected chi connectivity index (χ3v) is 6.54. The van der Waals surface area contributed by atoms with Crippen LogP contribution in [0.4, 0.5) is 4.79 Å². The summed E-state index contributed by atoms with van der Waals surface area (Å²) in [5.41, 5.74) is 0.866. The molecule has 2 rings (SSSR count). The summed E-state index contributed by atoms with van der Waals surface area (Å²) in [5, 5.41) is 12.4. The molecular formula is C18H28NO5P. The van der Waals surface area contributed by atoms with Gasteiger partial charge < -0.3 is 20.1 Å². The molecule has 3 N–H and O–H groups in total. The van der Waals surface area contributed by atoms with Crippen LogP contribution in [0.3, 0.4) is 0 Å². The highest BCUT2D eigenvalue weighted by atomic mass is 31.2. The molecule has 0 aromatic heterocycles. The molecule has 1 aromatic rings. The monoisotopic (exact) mass is 369 g/mol. The lowest BCUT2D eigenvalue weighted by molar-refractivity contribution is 0.129. The van der Waals surface area contributed by atoms with Crippen molar-refractivity contribution in [2.45, 2.75) is 44.8 Å². The first-order chi connectivity index (χ1) is 11.9. The van der Waals surface area contributed by atoms with Crippen molar-refractivity contribution in [1.82, 2.24) is 5.32 Å². The normalized spacial score (nSPS) is 19.0. The predicted octanol–water partition coefficient (Wildman–Crippen LogP) is 3.12. The fourth-order valence-electron chi connectivity index (χ4n) is 3.22. The van der Waals surface area contributed by atoms with Crippen LogP contribution in [0.25, 0.3) is 0 Å². The Kier molecular flexibility index (Phi) is 7.94. The van der Waals surface area contributed by atoms with Crippen LogP contribution in [0, 0.1) is 5.92 Å². The second kappa shape index (κ2) is 9.95. The van der Waals surface area contributed by atoms with Gasteiger partial charge in [-0.1, -0.05) is 49.6 Å². The SMILES string of the molecule is O=C(NC[C@H](O)CP(=O)(O)CC1CCCCC1)OCc1ccccc1. The molecular weight excluding hydrogens is 341 g/mol. The number of carbonyl (C=O) groups is 1. The Labute approximate surface area is 149 Å². The minimum absolute atomic E-state index is 0.0944. The number of aliphatic hydroxyl groups excluding tert-OH is 1. The zero-order valence-electron chi connectivity index (χ0n) is 14.5. The summed E-state index contributed by atoms with van der Waals surface area (Å²) in [7, 11) is -3.38. The van der Waals surface area contributed by atoms with E-state index in [-0.39, 0.29) is 31.4 Å². The minimum Gasteiger partial charge on any atom is -0.445 e. The standard InChI is InChI=1S/C18H28NO5P/c20-17(14-25(22,23)13-16-9-5-2-6-10-16)11-19-18(21)24-12-15-7-3-1-4-8-15/h1,3-4,7-8,16-17,20H,2,5-6,9-14H2,(H,19,21)(H,22,23)/t17-/m0/s1. The van der Waals surface area contributed by atoms with Crippen molar-refractivity contribution >= 4 is 13.5 Å². The molecule has 0 bridgehead atoms. The molecule has 1 fully saturated rings. The smallest absolute Gasteiger partial charge is 0.407 e. The number of rotatable bonds is 8. The Balaban J connectivity index is 1.65. The zero-order chi connectivity index (χ0) is 18.1. The van der Waals surface area contributed by atoms with Crippen LogP contribution in [-0.4, -0.2) is 41.1 Å². The molecule has 1 aliphatic rings. The quantitative estimate of drug-likeness (QED) is 0.612. The van der Waals surface area contributed by atoms with Gasteiger partial charge in [0, 0.05) is 12.7 Å². The van der Waals surface area contributed by atoms with Crippen molar-refractivity contribution in [3.63, 3.8) is 0 Å². The van der Waals surface area contributed by atoms with Gasteiger partial charge >= 0.3 is 6.09 Å². The number of carbonyl (C=O) groups excluding carboxylic acids is 1. The first kappa shape index (κ1) is 20.0. The van der Waals surface area contributed by atoms with Crippen LogP contribution in [0.15, 0.2) is 30.3 Å². The Bertz CT molecular complexity index is 574. The van der Waals surface area contributed by atoms with Gasteiger partial charge in [-0.15, -0.1) is 0 Å². The maximum Gasteiger partial charge on any atom is 0.407 e. The lowest BCUT2D eigenvalue weighted by Crippen LogP contribution is -2.34. The van der Waals surface area contributed by atoms with E-state index < -0.39 is 19.6 Å². The van der Waals surface area contributed by atoms with Crippen LogP contribution in [0.2, 0.25) is 0 Å². The van der Waals surface area contributed by atoms with Gasteiger partial charge in [0.1, 0.15) is 6.61 Å². The summed E-state index contributed by atoms with van der Waals surface area (Å²) >= 11 is 0. The molecule has 1 amide bonds. The molecule has 1 saturated carbocycles. The van der Waals surface area contributed by atoms with Gasteiger partial charge in [-0.3, -0.25) is 4.57 Å². The number of hydrogen-bond donors (Lipinski definition) is 3. The van der Waals surface area contributed by atoms with Crippen molar-refractivity contribution in [2.24, 2.45) is 5.92 Å². The molecule has 1 unspecified atom stereocenters. The van der Waals surface area contributed by atoms with Crippen molar-refractivity contribution in [2.75, 3.05) is 18.9 Å². The van der Waals surface area contributed by atoms with Crippen molar-refractivity contribution in [1.29, 1.82) is 0 Å². The summed E-state index contributed by atoms with van der Waals surface area (Å²) in [6, 6.07) is 9.27. The zero-order valence-corrected chi connectivity index (χ0v) is 15.4. The fraction of sp³-hybridized carbons (Fsp3) is 0.611. The molecule has 1 aromatic carbocycles. The first-order valence-corrected chi connectivity index (χ1v) is 10.9. The number of benzene rings is 1. The van der Waals surface area contributed by atoms with Crippen molar-refractivity contribution in [3.05, 3.63) is 35.9 Å². The van der Waals surface area contributed by atoms with Gasteiger partial charge in [-0.05, 0) is 24.3 Å². The van der Waals surface area contributed by atoms with Gasteiger partial charge in [-0.25, -0.2) is 4.79 Å². The highest BCUT2D eigenvalue weighted by Gasteiger charge is 2.28. The van der Waals surface area contributed by atoms with Crippen molar-refractivity contribution in [3.8, 4) is 0 Å². The Hall–Kier alpha value is -1.36. The third kappa shape index (κ3) is 8.04. The molecule has 7 heteroatoms. The summed E-state index contributed by atoms with van der Waals surface area (Å²) in [6.45, 7) is 0.0474. The third-order valence-electron chi connectivity index (χ3n) is 4.46. The van der Waals surface area contributed by atoms with Crippen LogP contribution in [0.1, 0.15) is 37.7 Å². The molecule has 0 heterocycles. The number of aliphatic hydroxyl groups is 1. The number of hydrogen-bond acceptors (Lipinski definition) is 4. The van der Waals surface area contributed by atoms with Gasteiger partial charge in [0.15, 0.2) is 0 Å². The maximum atomic E-state index is 12.3. The molecule has 6 nitrogen and oxygen atoms in total. The van der Waals surface area contributed by atoms with E-state index in [0.717, 1.165) is 31.2 Å². The summed E-state index contributed by atoms with van der Waals surface area (Å²) in [6.07, 6.45) is 3.78. The van der Waals surface area contributed by atoms with Crippen LogP contribution in [-0.2, 0) is 15.9 Å². The molecule has 25 heavy (non-hydrogen) atoms. The van der Waals surface area contributed by atoms with E-state index in [1.165, 1.54) is 6.42 Å². The highest BCUT2D eigenvalue weighted by Crippen LogP contribution is 2.45. The van der Waals surface area contributed by atoms with Gasteiger partial charge in [-0.2, -0.15) is 0 Å². The van der Waals surface area contributed by atoms with E-state index in [1.54, 1.807) is 0 Å². The predicted molar refractivity (Wildman–Crippen MR) is 96.8 cm³/mol. The molecule has 2 atom stereocenters. The topological polar surface area (TPSA) is 95.9 Å². The van der Waals surface area contributed by atoms with E-state index in [9.17, 15) is 19.4 Å². The summed E-state index contributed by atoms with van der Waals surface area (Å²) < 4.78 is 17.3. The Morgan fingerprint density at radius 2 is 1.92 bits per heavy atom. The summed E-state index contributed by atoms with van der Waals surface area (Å²) in [4.78, 5) is 21.7. The fourth-order valence-corrected chi connectivity index (χ4v) is 5.33. The molecule has 0 saturated heterocycles. The van der Waals surface area contributed by atoms with E-state index >= 15 is 0 Å². The molecule has 0 radical (unpaired) electrons. The lowest BCUT2D eigenvalue weighted by Gasteiger charge is -2.25. The number of amides is 1. The van der Waals surface area contributed by atoms with Crippen LogP contribution in [0.5, 0.6) is 0 Å².